The average Bonchev–Trinajstić information content (AvgIpc) is 2.59. The average molecular weight is 436 g/mol. The SMILES string of the molecule is CC(C=CC1=C(C)CCCC1(C)C)=CC=CC(C)=CC(=O)N[C@@H](CS(=O)O)C(=O)O. The van der Waals surface area contributed by atoms with E-state index in [4.69, 9.17) is 9.66 Å². The van der Waals surface area contributed by atoms with Gasteiger partial charge in [0.2, 0.25) is 5.91 Å². The van der Waals surface area contributed by atoms with Gasteiger partial charge >= 0.3 is 5.97 Å². The molecule has 30 heavy (non-hydrogen) atoms. The van der Waals surface area contributed by atoms with Crippen molar-refractivity contribution in [3.63, 3.8) is 0 Å². The van der Waals surface area contributed by atoms with E-state index in [0.29, 0.717) is 5.57 Å². The largest absolute Gasteiger partial charge is 0.480 e. The highest BCUT2D eigenvalue weighted by Crippen LogP contribution is 2.40. The van der Waals surface area contributed by atoms with Gasteiger partial charge in [-0.25, -0.2) is 9.00 Å². The van der Waals surface area contributed by atoms with Crippen molar-refractivity contribution in [1.29, 1.82) is 0 Å². The van der Waals surface area contributed by atoms with Crippen LogP contribution in [-0.4, -0.2) is 37.5 Å². The highest BCUT2D eigenvalue weighted by atomic mass is 32.2. The van der Waals surface area contributed by atoms with Crippen molar-refractivity contribution in [1.82, 2.24) is 5.32 Å². The topological polar surface area (TPSA) is 104 Å². The zero-order chi connectivity index (χ0) is 22.9. The number of rotatable bonds is 9. The molecule has 2 atom stereocenters. The third kappa shape index (κ3) is 9.05. The van der Waals surface area contributed by atoms with E-state index in [1.807, 2.05) is 19.1 Å². The van der Waals surface area contributed by atoms with E-state index in [2.05, 4.69) is 38.2 Å². The molecule has 0 spiro atoms. The molecule has 166 valence electrons. The molecule has 1 rings (SSSR count). The number of carboxylic acids is 1. The van der Waals surface area contributed by atoms with E-state index in [9.17, 15) is 13.8 Å². The lowest BCUT2D eigenvalue weighted by atomic mass is 9.72. The Hall–Kier alpha value is -2.25. The lowest BCUT2D eigenvalue weighted by Gasteiger charge is -2.32. The van der Waals surface area contributed by atoms with Crippen molar-refractivity contribution in [2.75, 3.05) is 5.75 Å². The van der Waals surface area contributed by atoms with E-state index < -0.39 is 34.8 Å². The molecule has 0 saturated carbocycles. The highest BCUT2D eigenvalue weighted by molar-refractivity contribution is 7.79. The minimum absolute atomic E-state index is 0.193. The van der Waals surface area contributed by atoms with Gasteiger partial charge in [0.1, 0.15) is 6.04 Å². The lowest BCUT2D eigenvalue weighted by Crippen LogP contribution is -2.43. The minimum Gasteiger partial charge on any atom is -0.480 e. The van der Waals surface area contributed by atoms with Gasteiger partial charge in [0.05, 0.1) is 5.75 Å². The Labute approximate surface area is 181 Å². The van der Waals surface area contributed by atoms with Crippen LogP contribution in [0.25, 0.3) is 0 Å². The summed E-state index contributed by atoms with van der Waals surface area (Å²) in [6.07, 6.45) is 14.6. The maximum absolute atomic E-state index is 11.9. The predicted octanol–water partition coefficient (Wildman–Crippen LogP) is 4.31. The summed E-state index contributed by atoms with van der Waals surface area (Å²) in [7, 11) is 0. The molecule has 0 bridgehead atoms. The third-order valence-electron chi connectivity index (χ3n) is 5.06. The van der Waals surface area contributed by atoms with Crippen molar-refractivity contribution in [2.24, 2.45) is 5.41 Å². The highest BCUT2D eigenvalue weighted by Gasteiger charge is 2.26. The molecule has 6 nitrogen and oxygen atoms in total. The van der Waals surface area contributed by atoms with Gasteiger partial charge in [0, 0.05) is 6.08 Å². The first-order valence-corrected chi connectivity index (χ1v) is 11.2. The van der Waals surface area contributed by atoms with Gasteiger partial charge in [-0.2, -0.15) is 0 Å². The number of nitrogens with one attached hydrogen (secondary N) is 1. The van der Waals surface area contributed by atoms with Gasteiger partial charge in [-0.3, -0.25) is 4.79 Å². The Kier molecular flexibility index (Phi) is 10.2. The molecule has 0 aliphatic heterocycles. The van der Waals surface area contributed by atoms with Crippen molar-refractivity contribution < 1.29 is 23.5 Å². The Morgan fingerprint density at radius 3 is 2.47 bits per heavy atom. The molecule has 0 aromatic rings. The Morgan fingerprint density at radius 1 is 1.23 bits per heavy atom. The van der Waals surface area contributed by atoms with E-state index in [1.54, 1.807) is 13.0 Å². The molecular weight excluding hydrogens is 402 g/mol. The van der Waals surface area contributed by atoms with Crippen LogP contribution in [-0.2, 0) is 20.7 Å². The van der Waals surface area contributed by atoms with Gasteiger partial charge in [0.15, 0.2) is 11.1 Å². The van der Waals surface area contributed by atoms with Gasteiger partial charge in [-0.1, -0.05) is 55.4 Å². The smallest absolute Gasteiger partial charge is 0.327 e. The van der Waals surface area contributed by atoms with E-state index in [-0.39, 0.29) is 5.41 Å². The summed E-state index contributed by atoms with van der Waals surface area (Å²) in [5.74, 6) is -2.55. The molecule has 0 radical (unpaired) electrons. The quantitative estimate of drug-likeness (QED) is 0.284. The number of carboxylic acid groups (broad SMARTS) is 1. The Bertz CT molecular complexity index is 831. The summed E-state index contributed by atoms with van der Waals surface area (Å²) < 4.78 is 19.6. The first-order valence-electron chi connectivity index (χ1n) is 9.94. The minimum atomic E-state index is -2.31. The summed E-state index contributed by atoms with van der Waals surface area (Å²) in [6, 6.07) is -1.41. The van der Waals surface area contributed by atoms with Crippen LogP contribution in [0.3, 0.4) is 0 Å². The van der Waals surface area contributed by atoms with Crippen LogP contribution in [0.1, 0.15) is 53.9 Å². The zero-order valence-electron chi connectivity index (χ0n) is 18.4. The molecule has 0 aromatic carbocycles. The molecule has 0 aromatic heterocycles. The van der Waals surface area contributed by atoms with E-state index >= 15 is 0 Å². The van der Waals surface area contributed by atoms with Crippen LogP contribution < -0.4 is 5.32 Å². The number of amides is 1. The number of hydrogen-bond acceptors (Lipinski definition) is 3. The molecule has 1 amide bonds. The lowest BCUT2D eigenvalue weighted by molar-refractivity contribution is -0.140. The van der Waals surface area contributed by atoms with Gasteiger partial charge in [-0.15, -0.1) is 0 Å². The summed E-state index contributed by atoms with van der Waals surface area (Å²) >= 11 is -2.31. The molecule has 0 heterocycles. The number of allylic oxidation sites excluding steroid dienone is 9. The summed E-state index contributed by atoms with van der Waals surface area (Å²) in [5, 5.41) is 11.2. The Balaban J connectivity index is 2.74. The number of carbonyl (C=O) groups excluding carboxylic acids is 1. The molecule has 1 aliphatic rings. The molecule has 3 N–H and O–H groups in total. The normalized spacial score (nSPS) is 19.9. The fraction of sp³-hybridized carbons (Fsp3) is 0.478. The summed E-state index contributed by atoms with van der Waals surface area (Å²) in [6.45, 7) is 10.5. The Morgan fingerprint density at radius 2 is 1.90 bits per heavy atom. The number of hydrogen-bond donors (Lipinski definition) is 3. The van der Waals surface area contributed by atoms with Crippen LogP contribution in [0, 0.1) is 5.41 Å². The first kappa shape index (κ1) is 25.8. The predicted molar refractivity (Wildman–Crippen MR) is 121 cm³/mol. The van der Waals surface area contributed by atoms with Crippen LogP contribution >= 0.6 is 0 Å². The number of carbonyl (C=O) groups is 2. The monoisotopic (exact) mass is 435 g/mol. The van der Waals surface area contributed by atoms with Crippen molar-refractivity contribution in [3.8, 4) is 0 Å². The fourth-order valence-corrected chi connectivity index (χ4v) is 3.93. The second kappa shape index (κ2) is 11.8. The molecule has 1 unspecified atom stereocenters. The maximum atomic E-state index is 11.9. The van der Waals surface area contributed by atoms with E-state index in [0.717, 1.165) is 12.0 Å². The second-order valence-electron chi connectivity index (χ2n) is 8.31. The van der Waals surface area contributed by atoms with Crippen LogP contribution in [0.5, 0.6) is 0 Å². The van der Waals surface area contributed by atoms with Crippen molar-refractivity contribution >= 4 is 23.0 Å². The molecule has 0 saturated heterocycles. The van der Waals surface area contributed by atoms with Gasteiger partial charge < -0.3 is 15.0 Å². The van der Waals surface area contributed by atoms with Crippen molar-refractivity contribution in [3.05, 3.63) is 58.7 Å². The van der Waals surface area contributed by atoms with Crippen LogP contribution in [0.2, 0.25) is 0 Å². The van der Waals surface area contributed by atoms with Crippen molar-refractivity contribution in [2.45, 2.75) is 59.9 Å². The summed E-state index contributed by atoms with van der Waals surface area (Å²) in [4.78, 5) is 22.9. The van der Waals surface area contributed by atoms with Gasteiger partial charge in [0.25, 0.3) is 0 Å². The first-order chi connectivity index (χ1) is 13.9. The third-order valence-corrected chi connectivity index (χ3v) is 5.67. The van der Waals surface area contributed by atoms with E-state index in [1.165, 1.54) is 30.1 Å². The molecule has 1 aliphatic carbocycles. The summed E-state index contributed by atoms with van der Waals surface area (Å²) in [5.41, 5.74) is 4.73. The maximum Gasteiger partial charge on any atom is 0.327 e. The molecule has 0 fully saturated rings. The second-order valence-corrected chi connectivity index (χ2v) is 9.29. The molecule has 7 heteroatoms. The van der Waals surface area contributed by atoms with Crippen LogP contribution in [0.4, 0.5) is 0 Å². The number of aliphatic carboxylic acids is 1. The van der Waals surface area contributed by atoms with Crippen LogP contribution in [0.15, 0.2) is 58.7 Å². The molecular formula is C23H33NO5S. The fourth-order valence-electron chi connectivity index (χ4n) is 3.42. The van der Waals surface area contributed by atoms with Gasteiger partial charge in [-0.05, 0) is 56.6 Å². The standard InChI is InChI=1S/C23H33NO5S/c1-16(11-12-19-18(3)10-7-13-23(19,4)5)8-6-9-17(2)14-21(25)24-20(22(26)27)15-30(28)29/h6,8-9,11-12,14,20H,7,10,13,15H2,1-5H3,(H,24,25)(H,26,27)(H,28,29)/t20-/m0/s1. The zero-order valence-corrected chi connectivity index (χ0v) is 19.2.